The maximum absolute atomic E-state index is 11.3. The van der Waals surface area contributed by atoms with Crippen LogP contribution in [-0.4, -0.2) is 56.2 Å². The minimum absolute atomic E-state index is 0.236. The van der Waals surface area contributed by atoms with Gasteiger partial charge in [-0.05, 0) is 31.8 Å². The van der Waals surface area contributed by atoms with Gasteiger partial charge in [-0.3, -0.25) is 0 Å². The fourth-order valence-electron chi connectivity index (χ4n) is 1.81. The van der Waals surface area contributed by atoms with Crippen LogP contribution in [0.2, 0.25) is 0 Å². The van der Waals surface area contributed by atoms with Crippen molar-refractivity contribution in [1.29, 1.82) is 0 Å². The fourth-order valence-corrected chi connectivity index (χ4v) is 2.63. The first-order chi connectivity index (χ1) is 7.07. The summed E-state index contributed by atoms with van der Waals surface area (Å²) in [5.74, 6) is 0.928. The molecule has 1 fully saturated rings. The van der Waals surface area contributed by atoms with Gasteiger partial charge in [-0.25, -0.2) is 8.42 Å². The molecule has 15 heavy (non-hydrogen) atoms. The van der Waals surface area contributed by atoms with Gasteiger partial charge in [-0.15, -0.1) is 0 Å². The molecule has 0 saturated carbocycles. The Hall–Kier alpha value is -0.130. The molecule has 1 N–H and O–H groups in total. The van der Waals surface area contributed by atoms with Gasteiger partial charge in [-0.1, -0.05) is 6.92 Å². The minimum Gasteiger partial charge on any atom is -0.396 e. The third kappa shape index (κ3) is 4.49. The van der Waals surface area contributed by atoms with E-state index in [0.717, 1.165) is 25.9 Å². The second-order valence-electron chi connectivity index (χ2n) is 4.20. The van der Waals surface area contributed by atoms with Gasteiger partial charge in [0.15, 0.2) is 9.84 Å². The highest BCUT2D eigenvalue weighted by molar-refractivity contribution is 7.91. The van der Waals surface area contributed by atoms with Crippen molar-refractivity contribution in [3.8, 4) is 0 Å². The molecule has 1 aliphatic heterocycles. The lowest BCUT2D eigenvalue weighted by Gasteiger charge is -2.30. The zero-order valence-electron chi connectivity index (χ0n) is 9.35. The van der Waals surface area contributed by atoms with Crippen LogP contribution in [0, 0.1) is 5.92 Å². The maximum atomic E-state index is 11.3. The van der Waals surface area contributed by atoms with E-state index in [0.29, 0.717) is 12.5 Å². The number of hydrogen-bond acceptors (Lipinski definition) is 4. The Kier molecular flexibility index (Phi) is 5.02. The highest BCUT2D eigenvalue weighted by Gasteiger charge is 2.19. The van der Waals surface area contributed by atoms with Crippen molar-refractivity contribution in [2.75, 3.05) is 37.7 Å². The summed E-state index contributed by atoms with van der Waals surface area (Å²) < 4.78 is 22.6. The SMILES string of the molecule is CCS(=O)(=O)CCN1CCC(CO)CC1. The summed E-state index contributed by atoms with van der Waals surface area (Å²) in [6, 6.07) is 0. The standard InChI is InChI=1S/C10H21NO3S/c1-2-15(13,14)8-7-11-5-3-10(9-12)4-6-11/h10,12H,2-9H2,1H3. The zero-order valence-corrected chi connectivity index (χ0v) is 10.2. The fraction of sp³-hybridized carbons (Fsp3) is 1.00. The van der Waals surface area contributed by atoms with Crippen molar-refractivity contribution >= 4 is 9.84 Å². The second-order valence-corrected chi connectivity index (χ2v) is 6.68. The van der Waals surface area contributed by atoms with Gasteiger partial charge in [0.05, 0.1) is 5.75 Å². The Morgan fingerprint density at radius 1 is 1.33 bits per heavy atom. The van der Waals surface area contributed by atoms with Crippen LogP contribution in [0.1, 0.15) is 19.8 Å². The van der Waals surface area contributed by atoms with Crippen molar-refractivity contribution in [3.63, 3.8) is 0 Å². The van der Waals surface area contributed by atoms with E-state index in [1.54, 1.807) is 6.92 Å². The highest BCUT2D eigenvalue weighted by atomic mass is 32.2. The Bertz CT molecular complexity index is 268. The normalized spacial score (nSPS) is 20.7. The predicted molar refractivity (Wildman–Crippen MR) is 60.6 cm³/mol. The molecule has 0 amide bonds. The van der Waals surface area contributed by atoms with Gasteiger partial charge in [0.25, 0.3) is 0 Å². The van der Waals surface area contributed by atoms with Crippen LogP contribution in [0.25, 0.3) is 0 Å². The van der Waals surface area contributed by atoms with Crippen molar-refractivity contribution in [2.45, 2.75) is 19.8 Å². The van der Waals surface area contributed by atoms with Gasteiger partial charge >= 0.3 is 0 Å². The number of aliphatic hydroxyl groups is 1. The average Bonchev–Trinajstić information content (AvgIpc) is 2.27. The van der Waals surface area contributed by atoms with E-state index in [1.807, 2.05) is 0 Å². The van der Waals surface area contributed by atoms with E-state index in [4.69, 9.17) is 5.11 Å². The van der Waals surface area contributed by atoms with Crippen LogP contribution in [0.4, 0.5) is 0 Å². The summed E-state index contributed by atoms with van der Waals surface area (Å²) in [5.41, 5.74) is 0. The molecule has 0 aromatic carbocycles. The first kappa shape index (κ1) is 12.9. The van der Waals surface area contributed by atoms with Crippen LogP contribution < -0.4 is 0 Å². The number of sulfone groups is 1. The molecule has 0 aliphatic carbocycles. The van der Waals surface area contributed by atoms with E-state index in [9.17, 15) is 8.42 Å². The van der Waals surface area contributed by atoms with Crippen molar-refractivity contribution in [2.24, 2.45) is 5.92 Å². The average molecular weight is 235 g/mol. The molecule has 5 heteroatoms. The van der Waals surface area contributed by atoms with E-state index in [1.165, 1.54) is 0 Å². The monoisotopic (exact) mass is 235 g/mol. The van der Waals surface area contributed by atoms with E-state index in [2.05, 4.69) is 4.90 Å². The summed E-state index contributed by atoms with van der Waals surface area (Å²) >= 11 is 0. The number of rotatable bonds is 5. The Morgan fingerprint density at radius 2 is 1.93 bits per heavy atom. The predicted octanol–water partition coefficient (Wildman–Crippen LogP) is 0.125. The van der Waals surface area contributed by atoms with Gasteiger partial charge < -0.3 is 10.0 Å². The van der Waals surface area contributed by atoms with Gasteiger partial charge in [-0.2, -0.15) is 0 Å². The summed E-state index contributed by atoms with van der Waals surface area (Å²) in [6.07, 6.45) is 1.98. The summed E-state index contributed by atoms with van der Waals surface area (Å²) in [7, 11) is -2.83. The molecule has 4 nitrogen and oxygen atoms in total. The number of aliphatic hydroxyl groups excluding tert-OH is 1. The van der Waals surface area contributed by atoms with Crippen LogP contribution in [0.3, 0.4) is 0 Å². The molecule has 1 rings (SSSR count). The van der Waals surface area contributed by atoms with Gasteiger partial charge in [0.1, 0.15) is 0 Å². The molecule has 1 aliphatic rings. The maximum Gasteiger partial charge on any atom is 0.151 e. The quantitative estimate of drug-likeness (QED) is 0.735. The molecule has 0 aromatic rings. The molecule has 0 spiro atoms. The third-order valence-corrected chi connectivity index (χ3v) is 4.81. The molecular formula is C10H21NO3S. The third-order valence-electron chi connectivity index (χ3n) is 3.12. The smallest absolute Gasteiger partial charge is 0.151 e. The molecule has 0 aromatic heterocycles. The lowest BCUT2D eigenvalue weighted by Crippen LogP contribution is -2.37. The lowest BCUT2D eigenvalue weighted by molar-refractivity contribution is 0.136. The summed E-state index contributed by atoms with van der Waals surface area (Å²) in [6.45, 7) is 4.44. The van der Waals surface area contributed by atoms with Crippen LogP contribution in [-0.2, 0) is 9.84 Å². The summed E-state index contributed by atoms with van der Waals surface area (Å²) in [4.78, 5) is 2.18. The van der Waals surface area contributed by atoms with Crippen LogP contribution >= 0.6 is 0 Å². The number of piperidine rings is 1. The van der Waals surface area contributed by atoms with Gasteiger partial charge in [0, 0.05) is 18.9 Å². The summed E-state index contributed by atoms with van der Waals surface area (Å²) in [5, 5.41) is 8.96. The highest BCUT2D eigenvalue weighted by Crippen LogP contribution is 2.15. The largest absolute Gasteiger partial charge is 0.396 e. The molecule has 0 radical (unpaired) electrons. The Labute approximate surface area is 92.2 Å². The Morgan fingerprint density at radius 3 is 2.40 bits per heavy atom. The molecule has 0 atom stereocenters. The first-order valence-corrected chi connectivity index (χ1v) is 7.43. The van der Waals surface area contributed by atoms with E-state index < -0.39 is 9.84 Å². The molecule has 1 heterocycles. The number of likely N-dealkylation sites (tertiary alicyclic amines) is 1. The number of hydrogen-bond donors (Lipinski definition) is 1. The van der Waals surface area contributed by atoms with Crippen molar-refractivity contribution in [3.05, 3.63) is 0 Å². The van der Waals surface area contributed by atoms with Crippen molar-refractivity contribution in [1.82, 2.24) is 4.90 Å². The second kappa shape index (κ2) is 5.82. The topological polar surface area (TPSA) is 57.6 Å². The molecular weight excluding hydrogens is 214 g/mol. The zero-order chi connectivity index (χ0) is 11.3. The molecule has 0 bridgehead atoms. The lowest BCUT2D eigenvalue weighted by atomic mass is 9.98. The van der Waals surface area contributed by atoms with Crippen LogP contribution in [0.15, 0.2) is 0 Å². The van der Waals surface area contributed by atoms with Crippen molar-refractivity contribution < 1.29 is 13.5 Å². The molecule has 1 saturated heterocycles. The van der Waals surface area contributed by atoms with Gasteiger partial charge in [0.2, 0.25) is 0 Å². The molecule has 90 valence electrons. The van der Waals surface area contributed by atoms with E-state index in [-0.39, 0.29) is 18.1 Å². The minimum atomic E-state index is -2.83. The van der Waals surface area contributed by atoms with Crippen LogP contribution in [0.5, 0.6) is 0 Å². The Balaban J connectivity index is 2.25. The van der Waals surface area contributed by atoms with E-state index >= 15 is 0 Å². The first-order valence-electron chi connectivity index (χ1n) is 5.61. The number of nitrogens with zero attached hydrogens (tertiary/aromatic N) is 1. The molecule has 0 unspecified atom stereocenters.